The molecule has 1 heterocycles. The number of sulfone groups is 1. The highest BCUT2D eigenvalue weighted by Gasteiger charge is 2.37. The topological polar surface area (TPSA) is 77.7 Å². The van der Waals surface area contributed by atoms with Crippen molar-refractivity contribution in [2.45, 2.75) is 87.7 Å². The second-order valence-electron chi connectivity index (χ2n) is 6.76. The van der Waals surface area contributed by atoms with Gasteiger partial charge in [-0.1, -0.05) is 38.5 Å². The van der Waals surface area contributed by atoms with Crippen LogP contribution in [0.2, 0.25) is 0 Å². The van der Waals surface area contributed by atoms with Gasteiger partial charge < -0.3 is 0 Å². The van der Waals surface area contributed by atoms with E-state index in [9.17, 15) is 8.42 Å². The summed E-state index contributed by atoms with van der Waals surface area (Å²) < 4.78 is 27.6. The Hall–Kier alpha value is -0.980. The fourth-order valence-corrected chi connectivity index (χ4v) is 5.90. The quantitative estimate of drug-likeness (QED) is 0.850. The number of hydrogen-bond donors (Lipinski definition) is 0. The van der Waals surface area contributed by atoms with E-state index in [4.69, 9.17) is 0 Å². The van der Waals surface area contributed by atoms with Crippen LogP contribution in [0.4, 0.5) is 0 Å². The van der Waals surface area contributed by atoms with Crippen molar-refractivity contribution in [3.8, 4) is 0 Å². The maximum Gasteiger partial charge on any atom is 0.169 e. The Morgan fingerprint density at radius 3 is 2.23 bits per heavy atom. The summed E-state index contributed by atoms with van der Waals surface area (Å²) in [5, 5.41) is 11.1. The molecular weight excluding hydrogens is 300 g/mol. The molecule has 0 spiro atoms. The average Bonchev–Trinajstić information content (AvgIpc) is 3.05. The molecule has 1 aromatic rings. The summed E-state index contributed by atoms with van der Waals surface area (Å²) in [5.74, 6) is 0.539. The van der Waals surface area contributed by atoms with Gasteiger partial charge in [-0.15, -0.1) is 5.10 Å². The molecule has 124 valence electrons. The second-order valence-corrected chi connectivity index (χ2v) is 9.32. The summed E-state index contributed by atoms with van der Waals surface area (Å²) in [4.78, 5) is 0. The molecule has 0 amide bonds. The average molecular weight is 326 g/mol. The van der Waals surface area contributed by atoms with E-state index in [0.717, 1.165) is 44.9 Å². The van der Waals surface area contributed by atoms with Gasteiger partial charge in [0.2, 0.25) is 0 Å². The lowest BCUT2D eigenvalue weighted by Crippen LogP contribution is -2.30. The van der Waals surface area contributed by atoms with Gasteiger partial charge in [0.15, 0.2) is 15.7 Å². The van der Waals surface area contributed by atoms with Gasteiger partial charge in [-0.2, -0.15) is 0 Å². The highest BCUT2D eigenvalue weighted by molar-refractivity contribution is 7.92. The van der Waals surface area contributed by atoms with E-state index < -0.39 is 15.1 Å². The Labute approximate surface area is 132 Å². The molecule has 22 heavy (non-hydrogen) atoms. The summed E-state index contributed by atoms with van der Waals surface area (Å²) in [6, 6.07) is 0.266. The lowest BCUT2D eigenvalue weighted by atomic mass is 9.95. The van der Waals surface area contributed by atoms with Crippen molar-refractivity contribution in [3.63, 3.8) is 0 Å². The van der Waals surface area contributed by atoms with Crippen LogP contribution in [0.1, 0.15) is 88.2 Å². The van der Waals surface area contributed by atoms with E-state index in [1.807, 2.05) is 0 Å². The highest BCUT2D eigenvalue weighted by Crippen LogP contribution is 2.34. The summed E-state index contributed by atoms with van der Waals surface area (Å²) >= 11 is 0. The first-order chi connectivity index (χ1) is 10.6. The zero-order valence-corrected chi connectivity index (χ0v) is 14.1. The van der Waals surface area contributed by atoms with E-state index >= 15 is 0 Å². The highest BCUT2D eigenvalue weighted by atomic mass is 32.2. The molecule has 3 rings (SSSR count). The zero-order chi connectivity index (χ0) is 15.6. The van der Waals surface area contributed by atoms with Crippen molar-refractivity contribution in [2.24, 2.45) is 0 Å². The van der Waals surface area contributed by atoms with Crippen LogP contribution in [0.5, 0.6) is 0 Å². The van der Waals surface area contributed by atoms with E-state index in [0.29, 0.717) is 5.82 Å². The van der Waals surface area contributed by atoms with Gasteiger partial charge in [0.05, 0.1) is 11.3 Å². The summed E-state index contributed by atoms with van der Waals surface area (Å²) in [5.41, 5.74) is 0. The van der Waals surface area contributed by atoms with Gasteiger partial charge in [0.1, 0.15) is 5.25 Å². The molecular formula is C15H26N4O2S. The van der Waals surface area contributed by atoms with Crippen LogP contribution in [0.25, 0.3) is 0 Å². The monoisotopic (exact) mass is 326 g/mol. The van der Waals surface area contributed by atoms with Crippen LogP contribution < -0.4 is 0 Å². The van der Waals surface area contributed by atoms with Crippen molar-refractivity contribution in [2.75, 3.05) is 0 Å². The molecule has 0 N–H and O–H groups in total. The van der Waals surface area contributed by atoms with Crippen molar-refractivity contribution in [1.29, 1.82) is 0 Å². The molecule has 0 saturated heterocycles. The SMILES string of the molecule is C[C@H](c1nnnn1C1CCCCC1)S(=O)(=O)C1CCCCC1. The van der Waals surface area contributed by atoms with Gasteiger partial charge in [0, 0.05) is 0 Å². The Bertz CT molecular complexity index is 586. The van der Waals surface area contributed by atoms with E-state index in [-0.39, 0.29) is 11.3 Å². The van der Waals surface area contributed by atoms with Crippen LogP contribution in [0.15, 0.2) is 0 Å². The summed E-state index contributed by atoms with van der Waals surface area (Å²) in [6.07, 6.45) is 10.5. The molecule has 1 aromatic heterocycles. The molecule has 0 aromatic carbocycles. The normalized spacial score (nSPS) is 23.5. The van der Waals surface area contributed by atoms with Crippen LogP contribution in [-0.2, 0) is 9.84 Å². The molecule has 1 atom stereocenters. The standard InChI is InChI=1S/C15H26N4O2S/c1-12(22(20,21)14-10-6-3-7-11-14)15-16-17-18-19(15)13-8-4-2-5-9-13/h12-14H,2-11H2,1H3/t12-/m1/s1. The van der Waals surface area contributed by atoms with Crippen LogP contribution in [-0.4, -0.2) is 33.9 Å². The lowest BCUT2D eigenvalue weighted by Gasteiger charge is -2.27. The molecule has 6 nitrogen and oxygen atoms in total. The molecule has 0 radical (unpaired) electrons. The maximum atomic E-state index is 12.9. The van der Waals surface area contributed by atoms with E-state index in [1.54, 1.807) is 11.6 Å². The molecule has 2 fully saturated rings. The number of tetrazole rings is 1. The maximum absolute atomic E-state index is 12.9. The molecule has 2 saturated carbocycles. The van der Waals surface area contributed by atoms with Gasteiger partial charge in [-0.25, -0.2) is 13.1 Å². The first-order valence-electron chi connectivity index (χ1n) is 8.61. The predicted molar refractivity (Wildman–Crippen MR) is 84.1 cm³/mol. The molecule has 0 aliphatic heterocycles. The smallest absolute Gasteiger partial charge is 0.169 e. The van der Waals surface area contributed by atoms with Crippen molar-refractivity contribution in [1.82, 2.24) is 20.2 Å². The summed E-state index contributed by atoms with van der Waals surface area (Å²) in [7, 11) is -3.21. The second kappa shape index (κ2) is 6.64. The van der Waals surface area contributed by atoms with E-state index in [1.165, 1.54) is 19.3 Å². The number of rotatable bonds is 4. The first-order valence-corrected chi connectivity index (χ1v) is 10.2. The van der Waals surface area contributed by atoms with Gasteiger partial charge in [-0.3, -0.25) is 0 Å². The minimum Gasteiger partial charge on any atom is -0.228 e. The van der Waals surface area contributed by atoms with Crippen LogP contribution in [0.3, 0.4) is 0 Å². The minimum absolute atomic E-state index is 0.215. The van der Waals surface area contributed by atoms with Crippen molar-refractivity contribution < 1.29 is 8.42 Å². The molecule has 0 unspecified atom stereocenters. The van der Waals surface area contributed by atoms with Crippen LogP contribution in [0, 0.1) is 0 Å². The summed E-state index contributed by atoms with van der Waals surface area (Å²) in [6.45, 7) is 1.76. The third kappa shape index (κ3) is 3.05. The van der Waals surface area contributed by atoms with Crippen molar-refractivity contribution in [3.05, 3.63) is 5.82 Å². The molecule has 7 heteroatoms. The van der Waals surface area contributed by atoms with Crippen molar-refractivity contribution >= 4 is 9.84 Å². The van der Waals surface area contributed by atoms with Crippen LogP contribution >= 0.6 is 0 Å². The lowest BCUT2D eigenvalue weighted by molar-refractivity contribution is 0.316. The van der Waals surface area contributed by atoms with Gasteiger partial charge >= 0.3 is 0 Å². The molecule has 0 bridgehead atoms. The minimum atomic E-state index is -3.21. The Balaban J connectivity index is 1.82. The van der Waals surface area contributed by atoms with Gasteiger partial charge in [-0.05, 0) is 43.0 Å². The Morgan fingerprint density at radius 2 is 1.59 bits per heavy atom. The third-order valence-electron chi connectivity index (χ3n) is 5.31. The number of nitrogens with zero attached hydrogens (tertiary/aromatic N) is 4. The van der Waals surface area contributed by atoms with E-state index in [2.05, 4.69) is 15.5 Å². The predicted octanol–water partition coefficient (Wildman–Crippen LogP) is 2.99. The zero-order valence-electron chi connectivity index (χ0n) is 13.3. The number of hydrogen-bond acceptors (Lipinski definition) is 5. The molecule has 2 aliphatic rings. The largest absolute Gasteiger partial charge is 0.228 e. The molecule has 2 aliphatic carbocycles. The Kier molecular flexibility index (Phi) is 4.80. The number of aromatic nitrogens is 4. The third-order valence-corrected chi connectivity index (χ3v) is 7.91. The Morgan fingerprint density at radius 1 is 1.00 bits per heavy atom. The fourth-order valence-electron chi connectivity index (χ4n) is 3.88. The van der Waals surface area contributed by atoms with Gasteiger partial charge in [0.25, 0.3) is 0 Å². The fraction of sp³-hybridized carbons (Fsp3) is 0.933. The first kappa shape index (κ1) is 15.9.